The molecule has 0 unspecified atom stereocenters. The zero-order valence-corrected chi connectivity index (χ0v) is 12.4. The molecule has 19 heavy (non-hydrogen) atoms. The molecule has 0 aromatic heterocycles. The van der Waals surface area contributed by atoms with Gasteiger partial charge < -0.3 is 5.73 Å². The van der Waals surface area contributed by atoms with Crippen LogP contribution in [-0.4, -0.2) is 5.91 Å². The van der Waals surface area contributed by atoms with Crippen molar-refractivity contribution in [2.75, 3.05) is 0 Å². The van der Waals surface area contributed by atoms with Crippen molar-refractivity contribution in [1.82, 2.24) is 0 Å². The Morgan fingerprint density at radius 3 is 2.16 bits per heavy atom. The second kappa shape index (κ2) is 5.59. The van der Waals surface area contributed by atoms with Crippen molar-refractivity contribution in [3.05, 3.63) is 56.0 Å². The van der Waals surface area contributed by atoms with Gasteiger partial charge in [0, 0.05) is 11.1 Å². The fourth-order valence-corrected chi connectivity index (χ4v) is 2.63. The summed E-state index contributed by atoms with van der Waals surface area (Å²) in [7, 11) is 0. The third kappa shape index (κ3) is 2.82. The monoisotopic (exact) mass is 333 g/mol. The Hall–Kier alpha value is -0.930. The molecule has 98 valence electrons. The molecule has 2 aromatic carbocycles. The van der Waals surface area contributed by atoms with E-state index in [9.17, 15) is 4.79 Å². The van der Waals surface area contributed by atoms with Crippen LogP contribution in [0.3, 0.4) is 0 Å². The smallest absolute Gasteiger partial charge is 0.250 e. The molecule has 0 aliphatic heterocycles. The van der Waals surface area contributed by atoms with Gasteiger partial charge in [0.1, 0.15) is 0 Å². The lowest BCUT2D eigenvalue weighted by Gasteiger charge is -2.10. The Balaban J connectivity index is 2.69. The molecule has 0 aliphatic carbocycles. The van der Waals surface area contributed by atoms with Crippen LogP contribution in [0.15, 0.2) is 30.3 Å². The van der Waals surface area contributed by atoms with E-state index in [-0.39, 0.29) is 10.6 Å². The van der Waals surface area contributed by atoms with Crippen LogP contribution in [0.4, 0.5) is 0 Å². The molecule has 0 fully saturated rings. The van der Waals surface area contributed by atoms with Crippen molar-refractivity contribution in [3.8, 4) is 11.1 Å². The van der Waals surface area contributed by atoms with E-state index in [1.54, 1.807) is 24.3 Å². The van der Waals surface area contributed by atoms with Crippen molar-refractivity contribution in [2.45, 2.75) is 0 Å². The molecule has 0 radical (unpaired) electrons. The molecule has 0 atom stereocenters. The fourth-order valence-electron chi connectivity index (χ4n) is 1.66. The Labute approximate surface area is 130 Å². The summed E-state index contributed by atoms with van der Waals surface area (Å²) < 4.78 is 0. The number of carbonyl (C=O) groups is 1. The van der Waals surface area contributed by atoms with E-state index >= 15 is 0 Å². The molecule has 2 nitrogen and oxygen atoms in total. The van der Waals surface area contributed by atoms with Crippen molar-refractivity contribution in [3.63, 3.8) is 0 Å². The van der Waals surface area contributed by atoms with Gasteiger partial charge in [-0.25, -0.2) is 0 Å². The van der Waals surface area contributed by atoms with Gasteiger partial charge in [0.25, 0.3) is 0 Å². The van der Waals surface area contributed by atoms with E-state index in [4.69, 9.17) is 52.1 Å². The van der Waals surface area contributed by atoms with Gasteiger partial charge in [-0.15, -0.1) is 0 Å². The number of rotatable bonds is 2. The van der Waals surface area contributed by atoms with E-state index in [0.717, 1.165) is 0 Å². The molecule has 2 N–H and O–H groups in total. The first-order valence-electron chi connectivity index (χ1n) is 5.15. The van der Waals surface area contributed by atoms with Crippen LogP contribution in [0.2, 0.25) is 20.1 Å². The number of nitrogens with two attached hydrogens (primary N) is 1. The minimum atomic E-state index is -0.608. The Morgan fingerprint density at radius 1 is 0.895 bits per heavy atom. The maximum absolute atomic E-state index is 11.3. The average Bonchev–Trinajstić information content (AvgIpc) is 2.34. The van der Waals surface area contributed by atoms with Crippen LogP contribution < -0.4 is 5.73 Å². The zero-order chi connectivity index (χ0) is 14.2. The number of halogens is 4. The van der Waals surface area contributed by atoms with Crippen LogP contribution in [0.25, 0.3) is 11.1 Å². The van der Waals surface area contributed by atoms with E-state index < -0.39 is 5.91 Å². The third-order valence-electron chi connectivity index (χ3n) is 2.56. The lowest BCUT2D eigenvalue weighted by molar-refractivity contribution is 0.100. The molecule has 0 saturated heterocycles. The van der Waals surface area contributed by atoms with E-state index in [1.807, 2.05) is 0 Å². The molecule has 0 spiro atoms. The number of hydrogen-bond donors (Lipinski definition) is 1. The summed E-state index contributed by atoms with van der Waals surface area (Å²) in [4.78, 5) is 11.3. The Bertz CT molecular complexity index is 670. The van der Waals surface area contributed by atoms with Gasteiger partial charge in [0.2, 0.25) is 5.91 Å². The highest BCUT2D eigenvalue weighted by molar-refractivity contribution is 6.44. The van der Waals surface area contributed by atoms with E-state index in [1.165, 1.54) is 6.07 Å². The van der Waals surface area contributed by atoms with E-state index in [0.29, 0.717) is 26.2 Å². The zero-order valence-electron chi connectivity index (χ0n) is 9.38. The summed E-state index contributed by atoms with van der Waals surface area (Å²) in [6, 6.07) is 8.05. The largest absolute Gasteiger partial charge is 0.366 e. The van der Waals surface area contributed by atoms with Crippen molar-refractivity contribution < 1.29 is 4.79 Å². The summed E-state index contributed by atoms with van der Waals surface area (Å²) in [5, 5.41) is 1.31. The number of benzene rings is 2. The standard InChI is InChI=1S/C13H7Cl4NO/c14-9-5-11(16)10(15)4-8(9)6-2-1-3-7(12(6)17)13(18)19/h1-5H,(H2,18,19). The average molecular weight is 335 g/mol. The third-order valence-corrected chi connectivity index (χ3v) is 4.01. The first kappa shape index (κ1) is 14.5. The molecule has 0 heterocycles. The highest BCUT2D eigenvalue weighted by Crippen LogP contribution is 2.39. The van der Waals surface area contributed by atoms with Crippen LogP contribution in [-0.2, 0) is 0 Å². The fraction of sp³-hybridized carbons (Fsp3) is 0. The Morgan fingerprint density at radius 2 is 1.53 bits per heavy atom. The first-order chi connectivity index (χ1) is 8.91. The normalized spacial score (nSPS) is 10.5. The minimum absolute atomic E-state index is 0.223. The van der Waals surface area contributed by atoms with Crippen LogP contribution in [0.1, 0.15) is 10.4 Å². The maximum Gasteiger partial charge on any atom is 0.250 e. The number of carbonyl (C=O) groups excluding carboxylic acids is 1. The van der Waals surface area contributed by atoms with Crippen molar-refractivity contribution in [2.24, 2.45) is 5.73 Å². The summed E-state index contributed by atoms with van der Waals surface area (Å²) in [6.07, 6.45) is 0. The van der Waals surface area contributed by atoms with Gasteiger partial charge >= 0.3 is 0 Å². The lowest BCUT2D eigenvalue weighted by Crippen LogP contribution is -2.11. The van der Waals surface area contributed by atoms with Crippen LogP contribution >= 0.6 is 46.4 Å². The van der Waals surface area contributed by atoms with Crippen molar-refractivity contribution in [1.29, 1.82) is 0 Å². The summed E-state index contributed by atoms with van der Waals surface area (Å²) in [5.41, 5.74) is 6.63. The van der Waals surface area contributed by atoms with Gasteiger partial charge in [-0.3, -0.25) is 4.79 Å². The van der Waals surface area contributed by atoms with Gasteiger partial charge in [0.05, 0.1) is 25.7 Å². The molecular weight excluding hydrogens is 328 g/mol. The molecular formula is C13H7Cl4NO. The number of amides is 1. The highest BCUT2D eigenvalue weighted by atomic mass is 35.5. The van der Waals surface area contributed by atoms with Crippen molar-refractivity contribution >= 4 is 52.3 Å². The Kier molecular flexibility index (Phi) is 4.26. The molecule has 1 amide bonds. The molecule has 0 bridgehead atoms. The minimum Gasteiger partial charge on any atom is -0.366 e. The second-order valence-electron chi connectivity index (χ2n) is 3.78. The molecule has 6 heteroatoms. The molecule has 2 rings (SSSR count). The first-order valence-corrected chi connectivity index (χ1v) is 6.66. The SMILES string of the molecule is NC(=O)c1cccc(-c2cc(Cl)c(Cl)cc2Cl)c1Cl. The number of hydrogen-bond acceptors (Lipinski definition) is 1. The van der Waals surface area contributed by atoms with Gasteiger partial charge in [0.15, 0.2) is 0 Å². The van der Waals surface area contributed by atoms with Gasteiger partial charge in [-0.2, -0.15) is 0 Å². The predicted molar refractivity (Wildman–Crippen MR) is 80.4 cm³/mol. The van der Waals surface area contributed by atoms with Gasteiger partial charge in [-0.05, 0) is 18.2 Å². The second-order valence-corrected chi connectivity index (χ2v) is 5.38. The van der Waals surface area contributed by atoms with Crippen LogP contribution in [0.5, 0.6) is 0 Å². The summed E-state index contributed by atoms with van der Waals surface area (Å²) in [5.74, 6) is -0.608. The maximum atomic E-state index is 11.3. The quantitative estimate of drug-likeness (QED) is 0.766. The molecule has 2 aromatic rings. The van der Waals surface area contributed by atoms with Crippen LogP contribution in [0, 0.1) is 0 Å². The van der Waals surface area contributed by atoms with Gasteiger partial charge in [-0.1, -0.05) is 58.5 Å². The predicted octanol–water partition coefficient (Wildman–Crippen LogP) is 5.07. The molecule has 0 aliphatic rings. The number of primary amides is 1. The van der Waals surface area contributed by atoms with E-state index in [2.05, 4.69) is 0 Å². The molecule has 0 saturated carbocycles. The lowest BCUT2D eigenvalue weighted by atomic mass is 10.0. The topological polar surface area (TPSA) is 43.1 Å². The summed E-state index contributed by atoms with van der Waals surface area (Å²) in [6.45, 7) is 0. The summed E-state index contributed by atoms with van der Waals surface area (Å²) >= 11 is 24.1. The highest BCUT2D eigenvalue weighted by Gasteiger charge is 2.15.